The van der Waals surface area contributed by atoms with Gasteiger partial charge in [-0.1, -0.05) is 91.0 Å². The van der Waals surface area contributed by atoms with Gasteiger partial charge in [0.25, 0.3) is 14.3 Å². The molecule has 0 unspecified atom stereocenters. The summed E-state index contributed by atoms with van der Waals surface area (Å²) in [6, 6.07) is 33.5. The molecule has 0 heterocycles. The van der Waals surface area contributed by atoms with Crippen molar-refractivity contribution in [3.63, 3.8) is 0 Å². The van der Waals surface area contributed by atoms with E-state index in [0.717, 1.165) is 18.1 Å². The van der Waals surface area contributed by atoms with E-state index in [4.69, 9.17) is 16.0 Å². The summed E-state index contributed by atoms with van der Waals surface area (Å²) in [4.78, 5) is 12.7. The van der Waals surface area contributed by atoms with Crippen molar-refractivity contribution >= 4 is 25.9 Å². The second kappa shape index (κ2) is 11.0. The van der Waals surface area contributed by atoms with E-state index in [2.05, 4.69) is 72.8 Å². The molecule has 0 atom stereocenters. The summed E-state index contributed by atoms with van der Waals surface area (Å²) in [7, 11) is -2.52. The maximum Gasteiger partial charge on any atom is 0.292 e. The number of alkyl halides is 1. The molecule has 4 heteroatoms. The molecule has 2 nitrogen and oxygen atoms in total. The van der Waals surface area contributed by atoms with Crippen LogP contribution < -0.4 is 0 Å². The molecule has 0 aromatic heterocycles. The van der Waals surface area contributed by atoms with Gasteiger partial charge in [-0.2, -0.15) is 0 Å². The first-order valence-electron chi connectivity index (χ1n) is 10.1. The largest absolute Gasteiger partial charge is 0.518 e. The van der Waals surface area contributed by atoms with Crippen LogP contribution in [0.5, 0.6) is 0 Å². The fraction of sp³-hybridized carbons (Fsp3) is 0.240. The molecule has 0 aliphatic rings. The van der Waals surface area contributed by atoms with E-state index in [1.54, 1.807) is 0 Å². The smallest absolute Gasteiger partial charge is 0.292 e. The van der Waals surface area contributed by atoms with E-state index < -0.39 is 8.32 Å². The Morgan fingerprint density at radius 1 is 0.690 bits per heavy atom. The second-order valence-electron chi connectivity index (χ2n) is 7.44. The van der Waals surface area contributed by atoms with Crippen LogP contribution in [0.1, 0.15) is 29.5 Å². The number of carbonyl (C=O) groups excluding carboxylic acids is 1. The van der Waals surface area contributed by atoms with Crippen molar-refractivity contribution < 1.29 is 9.22 Å². The lowest BCUT2D eigenvalue weighted by Gasteiger charge is -2.32. The van der Waals surface area contributed by atoms with Crippen LogP contribution in [0, 0.1) is 0 Å². The standard InChI is InChI=1S/C25H27ClO2Si/c26-18-10-17-25(27)28-29(19-22-11-4-1-5-12-22,20-23-13-6-2-7-14-23)21-24-15-8-3-9-16-24/h1-9,11-16H,10,17-21H2. The lowest BCUT2D eigenvalue weighted by Crippen LogP contribution is -2.49. The van der Waals surface area contributed by atoms with Crippen molar-refractivity contribution in [1.29, 1.82) is 0 Å². The number of rotatable bonds is 10. The van der Waals surface area contributed by atoms with Crippen LogP contribution in [0.3, 0.4) is 0 Å². The van der Waals surface area contributed by atoms with Crippen molar-refractivity contribution in [2.24, 2.45) is 0 Å². The lowest BCUT2D eigenvalue weighted by atomic mass is 10.2. The molecule has 0 amide bonds. The van der Waals surface area contributed by atoms with Crippen molar-refractivity contribution in [3.8, 4) is 0 Å². The van der Waals surface area contributed by atoms with Crippen LogP contribution in [0.15, 0.2) is 91.0 Å². The van der Waals surface area contributed by atoms with E-state index in [9.17, 15) is 4.79 Å². The third-order valence-corrected chi connectivity index (χ3v) is 9.04. The molecule has 29 heavy (non-hydrogen) atoms. The Morgan fingerprint density at radius 2 is 1.07 bits per heavy atom. The van der Waals surface area contributed by atoms with Crippen LogP contribution in [-0.2, 0) is 27.4 Å². The highest BCUT2D eigenvalue weighted by atomic mass is 35.5. The molecule has 0 spiro atoms. The first-order chi connectivity index (χ1) is 14.2. The van der Waals surface area contributed by atoms with Crippen LogP contribution in [0.4, 0.5) is 0 Å². The normalized spacial score (nSPS) is 11.2. The van der Waals surface area contributed by atoms with Gasteiger partial charge in [-0.3, -0.25) is 4.79 Å². The highest BCUT2D eigenvalue weighted by Crippen LogP contribution is 2.25. The summed E-state index contributed by atoms with van der Waals surface area (Å²) >= 11 is 5.81. The fourth-order valence-corrected chi connectivity index (χ4v) is 7.95. The minimum atomic E-state index is -2.52. The molecular formula is C25H27ClO2Si. The highest BCUT2D eigenvalue weighted by molar-refractivity contribution is 6.73. The summed E-state index contributed by atoms with van der Waals surface area (Å²) in [5.74, 6) is 0.347. The monoisotopic (exact) mass is 422 g/mol. The van der Waals surface area contributed by atoms with Crippen molar-refractivity contribution in [1.82, 2.24) is 0 Å². The third kappa shape index (κ3) is 6.88. The number of benzene rings is 3. The number of halogens is 1. The Hall–Kier alpha value is -2.36. The highest BCUT2D eigenvalue weighted by Gasteiger charge is 2.39. The van der Waals surface area contributed by atoms with E-state index in [1.165, 1.54) is 16.7 Å². The van der Waals surface area contributed by atoms with Crippen molar-refractivity contribution in [2.75, 3.05) is 5.88 Å². The maximum absolute atomic E-state index is 12.7. The van der Waals surface area contributed by atoms with Crippen molar-refractivity contribution in [2.45, 2.75) is 31.0 Å². The topological polar surface area (TPSA) is 26.3 Å². The van der Waals surface area contributed by atoms with Gasteiger partial charge in [0.1, 0.15) is 0 Å². The predicted octanol–water partition coefficient (Wildman–Crippen LogP) is 5.84. The minimum absolute atomic E-state index is 0.125. The molecule has 3 rings (SSSR count). The number of hydrogen-bond acceptors (Lipinski definition) is 2. The summed E-state index contributed by atoms with van der Waals surface area (Å²) in [6.07, 6.45) is 1.02. The zero-order chi connectivity index (χ0) is 20.4. The van der Waals surface area contributed by atoms with Gasteiger partial charge in [-0.05, 0) is 23.1 Å². The summed E-state index contributed by atoms with van der Waals surface area (Å²) < 4.78 is 6.39. The van der Waals surface area contributed by atoms with Gasteiger partial charge < -0.3 is 4.43 Å². The van der Waals surface area contributed by atoms with Gasteiger partial charge in [0.2, 0.25) is 0 Å². The molecule has 3 aromatic carbocycles. The maximum atomic E-state index is 12.7. The summed E-state index contributed by atoms with van der Waals surface area (Å²) in [5, 5.41) is 0. The molecule has 0 fully saturated rings. The van der Waals surface area contributed by atoms with Gasteiger partial charge in [-0.15, -0.1) is 11.6 Å². The molecule has 150 valence electrons. The molecule has 0 saturated carbocycles. The Morgan fingerprint density at radius 3 is 1.41 bits per heavy atom. The first kappa shape index (κ1) is 21.3. The first-order valence-corrected chi connectivity index (χ1v) is 13.2. The average Bonchev–Trinajstić information content (AvgIpc) is 2.74. The summed E-state index contributed by atoms with van der Waals surface area (Å²) in [6.45, 7) is 0. The second-order valence-corrected chi connectivity index (χ2v) is 11.4. The third-order valence-electron chi connectivity index (χ3n) is 4.95. The van der Waals surface area contributed by atoms with Crippen LogP contribution in [-0.4, -0.2) is 20.2 Å². The van der Waals surface area contributed by atoms with Gasteiger partial charge in [0.15, 0.2) is 0 Å². The van der Waals surface area contributed by atoms with Gasteiger partial charge in [0.05, 0.1) is 0 Å². The molecule has 0 aliphatic heterocycles. The van der Waals surface area contributed by atoms with Crippen molar-refractivity contribution in [3.05, 3.63) is 108 Å². The molecule has 0 aliphatic carbocycles. The molecule has 0 N–H and O–H groups in total. The van der Waals surface area contributed by atoms with E-state index in [0.29, 0.717) is 18.7 Å². The predicted molar refractivity (Wildman–Crippen MR) is 122 cm³/mol. The lowest BCUT2D eigenvalue weighted by molar-refractivity contribution is -0.135. The minimum Gasteiger partial charge on any atom is -0.518 e. The van der Waals surface area contributed by atoms with Crippen LogP contribution in [0.25, 0.3) is 0 Å². The zero-order valence-corrected chi connectivity index (χ0v) is 18.4. The van der Waals surface area contributed by atoms with Gasteiger partial charge in [-0.25, -0.2) is 0 Å². The molecule has 0 bridgehead atoms. The number of hydrogen-bond donors (Lipinski definition) is 0. The van der Waals surface area contributed by atoms with E-state index in [-0.39, 0.29) is 5.97 Å². The quantitative estimate of drug-likeness (QED) is 0.303. The van der Waals surface area contributed by atoms with E-state index in [1.807, 2.05) is 18.2 Å². The van der Waals surface area contributed by atoms with Gasteiger partial charge in [0, 0.05) is 30.4 Å². The fourth-order valence-electron chi connectivity index (χ4n) is 3.70. The molecule has 0 radical (unpaired) electrons. The van der Waals surface area contributed by atoms with E-state index >= 15 is 0 Å². The average molecular weight is 423 g/mol. The Balaban J connectivity index is 1.96. The Bertz CT molecular complexity index is 768. The zero-order valence-electron chi connectivity index (χ0n) is 16.6. The van der Waals surface area contributed by atoms with Crippen LogP contribution >= 0.6 is 11.6 Å². The van der Waals surface area contributed by atoms with Crippen LogP contribution in [0.2, 0.25) is 0 Å². The molecular weight excluding hydrogens is 396 g/mol. The SMILES string of the molecule is O=C(CCCCl)O[Si](Cc1ccccc1)(Cc1ccccc1)Cc1ccccc1. The summed E-state index contributed by atoms with van der Waals surface area (Å²) in [5.41, 5.74) is 3.66. The number of carbonyl (C=O) groups is 1. The Labute approximate surface area is 179 Å². The van der Waals surface area contributed by atoms with Gasteiger partial charge >= 0.3 is 0 Å². The Kier molecular flexibility index (Phi) is 8.09. The molecule has 3 aromatic rings. The molecule has 0 saturated heterocycles.